The molecule has 1 aliphatic rings. The van der Waals surface area contributed by atoms with Crippen LogP contribution in [0.1, 0.15) is 19.6 Å². The third-order valence-corrected chi connectivity index (χ3v) is 7.05. The summed E-state index contributed by atoms with van der Waals surface area (Å²) in [5.74, 6) is -0.151. The van der Waals surface area contributed by atoms with E-state index in [0.717, 1.165) is 16.8 Å². The van der Waals surface area contributed by atoms with Gasteiger partial charge in [-0.2, -0.15) is 11.8 Å². The Kier molecular flexibility index (Phi) is 11.1. The summed E-state index contributed by atoms with van der Waals surface area (Å²) in [6.07, 6.45) is -2.00. The summed E-state index contributed by atoms with van der Waals surface area (Å²) in [6, 6.07) is 5.92. The molecule has 40 heavy (non-hydrogen) atoms. The monoisotopic (exact) mass is 598 g/mol. The van der Waals surface area contributed by atoms with E-state index in [2.05, 4.69) is 14.8 Å². The van der Waals surface area contributed by atoms with Crippen LogP contribution in [0.15, 0.2) is 56.0 Å². The van der Waals surface area contributed by atoms with Crippen LogP contribution in [0.3, 0.4) is 0 Å². The number of carbonyl (C=O) groups excluding carboxylic acids is 1. The molecule has 3 N–H and O–H groups in total. The van der Waals surface area contributed by atoms with Crippen molar-refractivity contribution in [3.05, 3.63) is 67.8 Å². The Morgan fingerprint density at radius 3 is 2.73 bits per heavy atom. The number of hydrogen-bond acceptors (Lipinski definition) is 13. The minimum absolute atomic E-state index is 0.0275. The number of H-pyrrole nitrogens is 1. The second kappa shape index (κ2) is 14.3. The van der Waals surface area contributed by atoms with Crippen molar-refractivity contribution in [2.75, 3.05) is 25.2 Å². The van der Waals surface area contributed by atoms with E-state index in [9.17, 15) is 29.5 Å². The van der Waals surface area contributed by atoms with Crippen molar-refractivity contribution in [3.63, 3.8) is 0 Å². The fraction of sp³-hybridized carbons (Fsp3) is 0.500. The lowest BCUT2D eigenvalue weighted by molar-refractivity contribution is -0.170. The number of nitrogens with zero attached hydrogens (tertiary/aromatic N) is 5. The molecule has 16 nitrogen and oxygen atoms in total. The van der Waals surface area contributed by atoms with Crippen LogP contribution in [0.25, 0.3) is 10.4 Å². The topological polar surface area (TPSA) is 233 Å². The number of benzene rings is 1. The number of para-hydroxylation sites is 2. The molecule has 3 rings (SSSR count). The van der Waals surface area contributed by atoms with E-state index in [-0.39, 0.29) is 24.5 Å². The normalized spacial score (nSPS) is 23.2. The lowest BCUT2D eigenvalue weighted by atomic mass is 10.1. The first-order valence-corrected chi connectivity index (χ1v) is 14.3. The fourth-order valence-corrected chi connectivity index (χ4v) is 4.93. The Morgan fingerprint density at radius 2 is 2.08 bits per heavy atom. The van der Waals surface area contributed by atoms with Crippen molar-refractivity contribution < 1.29 is 38.6 Å². The SMILES string of the molecule is CCOC(=O)[C@H](CCSC)N=[P+]([O-])Oc1ccccc1OC[C@@]1(N=[N+]=[N-])O[C@@H](n2ccc(=O)[nH]c2=O)[C@H](O)[C@@H]1O. The van der Waals surface area contributed by atoms with Crippen LogP contribution in [-0.4, -0.2) is 74.9 Å². The summed E-state index contributed by atoms with van der Waals surface area (Å²) in [7, 11) is -2.76. The van der Waals surface area contributed by atoms with Gasteiger partial charge in [-0.25, -0.2) is 9.59 Å². The van der Waals surface area contributed by atoms with Gasteiger partial charge >= 0.3 is 19.8 Å². The minimum atomic E-state index is -2.76. The van der Waals surface area contributed by atoms with E-state index in [1.165, 1.54) is 23.9 Å². The van der Waals surface area contributed by atoms with E-state index in [4.69, 9.17) is 24.3 Å². The maximum atomic E-state index is 12.7. The van der Waals surface area contributed by atoms with Crippen molar-refractivity contribution in [1.82, 2.24) is 9.55 Å². The molecule has 0 amide bonds. The van der Waals surface area contributed by atoms with E-state index in [1.807, 2.05) is 11.2 Å². The zero-order valence-electron chi connectivity index (χ0n) is 21.4. The number of aromatic amines is 1. The standard InChI is InChI=1S/C22H27N6O10PS/c1-3-35-20(32)13(9-11-40-2)25-39(34)38-15-7-5-4-6-14(15)36-12-22(26-27-23)18(31)17(30)19(37-22)28-10-8-16(29)24-21(28)33/h4-8,10,13,17-19,30-31H,3,9,11-12H2,1-2H3,(H,24,29,33)/t13-,17+,18-,19+,22+/m0/s1. The molecule has 1 unspecified atom stereocenters. The number of carbonyl (C=O) groups is 1. The smallest absolute Gasteiger partial charge is 0.395 e. The van der Waals surface area contributed by atoms with Gasteiger partial charge in [-0.1, -0.05) is 22.0 Å². The average molecular weight is 599 g/mol. The molecule has 1 aliphatic heterocycles. The van der Waals surface area contributed by atoms with Gasteiger partial charge in [-0.3, -0.25) is 18.9 Å². The predicted molar refractivity (Wildman–Crippen MR) is 141 cm³/mol. The number of hydrogen-bond donors (Lipinski definition) is 3. The summed E-state index contributed by atoms with van der Waals surface area (Å²) in [6.45, 7) is 1.09. The number of aliphatic hydroxyl groups excluding tert-OH is 2. The molecule has 0 saturated carbocycles. The molecule has 1 fully saturated rings. The number of thioether (sulfide) groups is 1. The average Bonchev–Trinajstić information content (AvgIpc) is 3.16. The molecule has 1 aromatic heterocycles. The summed E-state index contributed by atoms with van der Waals surface area (Å²) < 4.78 is 26.5. The third kappa shape index (κ3) is 7.40. The molecular formula is C22H27N6O10PS. The maximum Gasteiger partial charge on any atom is 0.395 e. The quantitative estimate of drug-likeness (QED) is 0.0958. The first-order chi connectivity index (χ1) is 19.2. The van der Waals surface area contributed by atoms with Gasteiger partial charge in [0.05, 0.1) is 6.61 Å². The van der Waals surface area contributed by atoms with Crippen LogP contribution in [0.5, 0.6) is 11.5 Å². The van der Waals surface area contributed by atoms with Gasteiger partial charge in [-0.15, -0.1) is 0 Å². The van der Waals surface area contributed by atoms with Gasteiger partial charge in [-0.05, 0) is 43.0 Å². The molecule has 18 heteroatoms. The summed E-state index contributed by atoms with van der Waals surface area (Å²) in [5.41, 5.74) is 5.29. The Hall–Kier alpha value is -3.43. The highest BCUT2D eigenvalue weighted by Gasteiger charge is 2.56. The van der Waals surface area contributed by atoms with Crippen molar-refractivity contribution in [3.8, 4) is 11.5 Å². The second-order valence-corrected chi connectivity index (χ2v) is 10.1. The largest absolute Gasteiger partial charge is 0.575 e. The second-order valence-electron chi connectivity index (χ2n) is 8.22. The van der Waals surface area contributed by atoms with Crippen molar-refractivity contribution >= 4 is 25.9 Å². The number of aliphatic hydroxyl groups is 2. The number of ether oxygens (including phenoxy) is 3. The molecular weight excluding hydrogens is 571 g/mol. The van der Waals surface area contributed by atoms with Gasteiger partial charge in [0.25, 0.3) is 5.56 Å². The van der Waals surface area contributed by atoms with Crippen LogP contribution in [0, 0.1) is 0 Å². The number of azide groups is 1. The predicted octanol–water partition coefficient (Wildman–Crippen LogP) is 0.792. The van der Waals surface area contributed by atoms with Gasteiger partial charge in [0.2, 0.25) is 11.5 Å². The maximum absolute atomic E-state index is 12.7. The molecule has 0 spiro atoms. The highest BCUT2D eigenvalue weighted by molar-refractivity contribution is 7.98. The van der Waals surface area contributed by atoms with Crippen molar-refractivity contribution in [2.24, 2.45) is 9.86 Å². The van der Waals surface area contributed by atoms with E-state index < -0.39 is 62.2 Å². The Bertz CT molecular complexity index is 1380. The lowest BCUT2D eigenvalue weighted by Gasteiger charge is -2.26. The zero-order valence-corrected chi connectivity index (χ0v) is 23.1. The minimum Gasteiger partial charge on any atom is -0.575 e. The zero-order chi connectivity index (χ0) is 29.3. The molecule has 1 saturated heterocycles. The molecule has 216 valence electrons. The molecule has 6 atom stereocenters. The van der Waals surface area contributed by atoms with Crippen LogP contribution in [-0.2, 0) is 14.3 Å². The number of aromatic nitrogens is 2. The summed E-state index contributed by atoms with van der Waals surface area (Å²) >= 11 is 1.48. The van der Waals surface area contributed by atoms with E-state index >= 15 is 0 Å². The molecule has 2 heterocycles. The van der Waals surface area contributed by atoms with Crippen LogP contribution in [0.4, 0.5) is 0 Å². The highest BCUT2D eigenvalue weighted by atomic mass is 32.2. The molecule has 2 aromatic rings. The van der Waals surface area contributed by atoms with Crippen molar-refractivity contribution in [2.45, 2.75) is 43.5 Å². The van der Waals surface area contributed by atoms with Gasteiger partial charge in [0, 0.05) is 17.2 Å². The molecule has 1 aromatic carbocycles. The number of nitrogens with one attached hydrogen (secondary N) is 1. The first kappa shape index (κ1) is 31.1. The molecule has 0 radical (unpaired) electrons. The number of esters is 1. The number of rotatable bonds is 13. The van der Waals surface area contributed by atoms with Crippen molar-refractivity contribution in [1.29, 1.82) is 0 Å². The Balaban J connectivity index is 1.83. The highest BCUT2D eigenvalue weighted by Crippen LogP contribution is 2.40. The molecule has 0 aliphatic carbocycles. The van der Waals surface area contributed by atoms with Crippen LogP contribution < -0.4 is 25.4 Å². The fourth-order valence-electron chi connectivity index (χ4n) is 3.67. The molecule has 0 bridgehead atoms. The van der Waals surface area contributed by atoms with E-state index in [1.54, 1.807) is 19.1 Å². The Morgan fingerprint density at radius 1 is 1.35 bits per heavy atom. The third-order valence-electron chi connectivity index (χ3n) is 5.59. The van der Waals surface area contributed by atoms with Gasteiger partial charge < -0.3 is 29.3 Å². The van der Waals surface area contributed by atoms with Gasteiger partial charge in [0.15, 0.2) is 18.0 Å². The Labute approximate surface area is 232 Å². The van der Waals surface area contributed by atoms with Gasteiger partial charge in [0.1, 0.15) is 18.8 Å². The summed E-state index contributed by atoms with van der Waals surface area (Å²) in [4.78, 5) is 53.2. The lowest BCUT2D eigenvalue weighted by Crippen LogP contribution is -2.46. The van der Waals surface area contributed by atoms with Crippen LogP contribution >= 0.6 is 19.9 Å². The summed E-state index contributed by atoms with van der Waals surface area (Å²) in [5, 5.41) is 24.8. The van der Waals surface area contributed by atoms with E-state index in [0.29, 0.717) is 5.75 Å². The first-order valence-electron chi connectivity index (χ1n) is 11.8. The van der Waals surface area contributed by atoms with Crippen LogP contribution in [0.2, 0.25) is 0 Å².